The Morgan fingerprint density at radius 3 is 2.56 bits per heavy atom. The van der Waals surface area contributed by atoms with E-state index >= 15 is 0 Å². The fourth-order valence-electron chi connectivity index (χ4n) is 3.61. The highest BCUT2D eigenvalue weighted by Gasteiger charge is 2.30. The van der Waals surface area contributed by atoms with Crippen LogP contribution in [0.15, 0.2) is 0 Å². The van der Waals surface area contributed by atoms with Gasteiger partial charge in [-0.1, -0.05) is 12.8 Å². The Morgan fingerprint density at radius 1 is 1.17 bits per heavy atom. The van der Waals surface area contributed by atoms with Crippen molar-refractivity contribution in [1.29, 1.82) is 0 Å². The van der Waals surface area contributed by atoms with Crippen molar-refractivity contribution in [2.75, 3.05) is 33.7 Å². The molecule has 0 radical (unpaired) electrons. The van der Waals surface area contributed by atoms with E-state index in [-0.39, 0.29) is 0 Å². The van der Waals surface area contributed by atoms with Gasteiger partial charge in [-0.05, 0) is 59.8 Å². The molecule has 106 valence electrons. The number of nitrogens with one attached hydrogen (secondary N) is 1. The molecule has 1 aliphatic heterocycles. The van der Waals surface area contributed by atoms with Gasteiger partial charge < -0.3 is 5.32 Å². The highest BCUT2D eigenvalue weighted by atomic mass is 15.3. The molecule has 0 bridgehead atoms. The molecule has 18 heavy (non-hydrogen) atoms. The summed E-state index contributed by atoms with van der Waals surface area (Å²) in [5.41, 5.74) is 0. The molecular formula is C15H31N3. The standard InChI is InChI=1S/C15H31N3/c1-13-9-11-18(14-6-4-5-7-14)12-15(17(13)3)8-10-16-2/h13-16H,4-12H2,1-3H3. The zero-order chi connectivity index (χ0) is 13.0. The molecule has 1 aliphatic carbocycles. The fourth-order valence-corrected chi connectivity index (χ4v) is 3.61. The van der Waals surface area contributed by atoms with Gasteiger partial charge in [-0.15, -0.1) is 0 Å². The van der Waals surface area contributed by atoms with E-state index in [2.05, 4.69) is 36.1 Å². The molecule has 0 aromatic carbocycles. The molecular weight excluding hydrogens is 222 g/mol. The summed E-state index contributed by atoms with van der Waals surface area (Å²) in [6.07, 6.45) is 8.40. The molecule has 1 N–H and O–H groups in total. The minimum absolute atomic E-state index is 0.732. The third-order valence-electron chi connectivity index (χ3n) is 5.12. The smallest absolute Gasteiger partial charge is 0.0235 e. The molecule has 3 heteroatoms. The van der Waals surface area contributed by atoms with Crippen molar-refractivity contribution in [3.8, 4) is 0 Å². The minimum atomic E-state index is 0.732. The molecule has 0 aromatic rings. The number of likely N-dealkylation sites (N-methyl/N-ethyl adjacent to an activating group) is 1. The summed E-state index contributed by atoms with van der Waals surface area (Å²) < 4.78 is 0. The molecule has 3 nitrogen and oxygen atoms in total. The summed E-state index contributed by atoms with van der Waals surface area (Å²) in [6.45, 7) is 6.13. The molecule has 0 spiro atoms. The lowest BCUT2D eigenvalue weighted by molar-refractivity contribution is 0.146. The van der Waals surface area contributed by atoms with Gasteiger partial charge in [0.15, 0.2) is 0 Å². The van der Waals surface area contributed by atoms with Crippen molar-refractivity contribution in [3.05, 3.63) is 0 Å². The molecule has 1 saturated carbocycles. The first kappa shape index (κ1) is 14.3. The Kier molecular flexibility index (Phi) is 5.46. The zero-order valence-electron chi connectivity index (χ0n) is 12.5. The van der Waals surface area contributed by atoms with Crippen LogP contribution in [0.5, 0.6) is 0 Å². The van der Waals surface area contributed by atoms with Crippen LogP contribution in [0, 0.1) is 0 Å². The average molecular weight is 253 g/mol. The molecule has 0 aromatic heterocycles. The third kappa shape index (κ3) is 3.46. The van der Waals surface area contributed by atoms with Gasteiger partial charge in [0.25, 0.3) is 0 Å². The first-order valence-electron chi connectivity index (χ1n) is 7.83. The van der Waals surface area contributed by atoms with E-state index in [0.717, 1.165) is 24.7 Å². The molecule has 2 unspecified atom stereocenters. The quantitative estimate of drug-likeness (QED) is 0.826. The van der Waals surface area contributed by atoms with E-state index in [1.165, 1.54) is 51.6 Å². The summed E-state index contributed by atoms with van der Waals surface area (Å²) in [7, 11) is 4.39. The van der Waals surface area contributed by atoms with E-state index in [1.807, 2.05) is 0 Å². The van der Waals surface area contributed by atoms with E-state index in [1.54, 1.807) is 0 Å². The average Bonchev–Trinajstić information content (AvgIpc) is 2.86. The monoisotopic (exact) mass is 253 g/mol. The number of hydrogen-bond donors (Lipinski definition) is 1. The maximum atomic E-state index is 3.31. The second kappa shape index (κ2) is 6.88. The highest BCUT2D eigenvalue weighted by Crippen LogP contribution is 2.27. The fraction of sp³-hybridized carbons (Fsp3) is 1.00. The summed E-state index contributed by atoms with van der Waals surface area (Å²) >= 11 is 0. The first-order chi connectivity index (χ1) is 8.72. The Bertz CT molecular complexity index is 238. The van der Waals surface area contributed by atoms with Gasteiger partial charge in [-0.2, -0.15) is 0 Å². The first-order valence-corrected chi connectivity index (χ1v) is 7.83. The van der Waals surface area contributed by atoms with Gasteiger partial charge >= 0.3 is 0 Å². The topological polar surface area (TPSA) is 18.5 Å². The highest BCUT2D eigenvalue weighted by molar-refractivity contribution is 4.87. The Labute approximate surface area is 113 Å². The van der Waals surface area contributed by atoms with Gasteiger partial charge in [0, 0.05) is 24.7 Å². The Balaban J connectivity index is 1.96. The number of hydrogen-bond acceptors (Lipinski definition) is 3. The molecule has 1 heterocycles. The van der Waals surface area contributed by atoms with E-state index in [9.17, 15) is 0 Å². The molecule has 2 aliphatic rings. The summed E-state index contributed by atoms with van der Waals surface area (Å²) in [5, 5.41) is 3.31. The Morgan fingerprint density at radius 2 is 1.89 bits per heavy atom. The zero-order valence-corrected chi connectivity index (χ0v) is 12.5. The van der Waals surface area contributed by atoms with E-state index in [4.69, 9.17) is 0 Å². The lowest BCUT2D eigenvalue weighted by atomic mass is 10.1. The van der Waals surface area contributed by atoms with Crippen molar-refractivity contribution in [1.82, 2.24) is 15.1 Å². The van der Waals surface area contributed by atoms with Gasteiger partial charge in [-0.25, -0.2) is 0 Å². The van der Waals surface area contributed by atoms with Crippen LogP contribution in [0.1, 0.15) is 45.4 Å². The second-order valence-electron chi connectivity index (χ2n) is 6.28. The molecule has 2 atom stereocenters. The Hall–Kier alpha value is -0.120. The predicted octanol–water partition coefficient (Wildman–Crippen LogP) is 1.93. The SMILES string of the molecule is CNCCC1CN(C2CCCC2)CCC(C)N1C. The maximum Gasteiger partial charge on any atom is 0.0235 e. The van der Waals surface area contributed by atoms with Crippen LogP contribution in [0.3, 0.4) is 0 Å². The minimum Gasteiger partial charge on any atom is -0.320 e. The molecule has 1 saturated heterocycles. The van der Waals surface area contributed by atoms with Crippen LogP contribution >= 0.6 is 0 Å². The summed E-state index contributed by atoms with van der Waals surface area (Å²) in [4.78, 5) is 5.42. The molecule has 2 fully saturated rings. The number of rotatable bonds is 4. The predicted molar refractivity (Wildman–Crippen MR) is 78.0 cm³/mol. The van der Waals surface area contributed by atoms with Crippen LogP contribution in [0.2, 0.25) is 0 Å². The maximum absolute atomic E-state index is 3.31. The lowest BCUT2D eigenvalue weighted by Gasteiger charge is -2.33. The van der Waals surface area contributed by atoms with Crippen molar-refractivity contribution in [2.24, 2.45) is 0 Å². The third-order valence-corrected chi connectivity index (χ3v) is 5.12. The van der Waals surface area contributed by atoms with Crippen molar-refractivity contribution >= 4 is 0 Å². The van der Waals surface area contributed by atoms with Crippen LogP contribution in [0.4, 0.5) is 0 Å². The van der Waals surface area contributed by atoms with Crippen molar-refractivity contribution < 1.29 is 0 Å². The van der Waals surface area contributed by atoms with Gasteiger partial charge in [-0.3, -0.25) is 9.80 Å². The van der Waals surface area contributed by atoms with Crippen LogP contribution in [-0.2, 0) is 0 Å². The van der Waals surface area contributed by atoms with Crippen LogP contribution in [0.25, 0.3) is 0 Å². The summed E-state index contributed by atoms with van der Waals surface area (Å²) in [5.74, 6) is 0. The van der Waals surface area contributed by atoms with Crippen LogP contribution < -0.4 is 5.32 Å². The van der Waals surface area contributed by atoms with Crippen molar-refractivity contribution in [3.63, 3.8) is 0 Å². The van der Waals surface area contributed by atoms with E-state index in [0.29, 0.717) is 0 Å². The molecule has 0 amide bonds. The van der Waals surface area contributed by atoms with Gasteiger partial charge in [0.2, 0.25) is 0 Å². The van der Waals surface area contributed by atoms with Gasteiger partial charge in [0.1, 0.15) is 0 Å². The normalized spacial score (nSPS) is 32.8. The van der Waals surface area contributed by atoms with Crippen LogP contribution in [-0.4, -0.2) is 61.7 Å². The lowest BCUT2D eigenvalue weighted by Crippen LogP contribution is -2.45. The van der Waals surface area contributed by atoms with Crippen molar-refractivity contribution in [2.45, 2.75) is 63.6 Å². The summed E-state index contributed by atoms with van der Waals surface area (Å²) in [6, 6.07) is 2.36. The number of nitrogens with zero attached hydrogens (tertiary/aromatic N) is 2. The molecule has 2 rings (SSSR count). The second-order valence-corrected chi connectivity index (χ2v) is 6.28. The van der Waals surface area contributed by atoms with E-state index < -0.39 is 0 Å². The largest absolute Gasteiger partial charge is 0.320 e. The van der Waals surface area contributed by atoms with Gasteiger partial charge in [0.05, 0.1) is 0 Å².